The van der Waals surface area contributed by atoms with Crippen LogP contribution in [0.5, 0.6) is 11.5 Å². The molecule has 0 radical (unpaired) electrons. The van der Waals surface area contributed by atoms with Gasteiger partial charge in [-0.15, -0.1) is 0 Å². The third-order valence-electron chi connectivity index (χ3n) is 5.77. The fraction of sp³-hybridized carbons (Fsp3) is 0.280. The van der Waals surface area contributed by atoms with Gasteiger partial charge in [-0.1, -0.05) is 18.2 Å². The maximum absolute atomic E-state index is 13.0. The number of halogens is 3. The third kappa shape index (κ3) is 4.44. The van der Waals surface area contributed by atoms with Gasteiger partial charge >= 0.3 is 6.18 Å². The van der Waals surface area contributed by atoms with Crippen LogP contribution in [0.2, 0.25) is 0 Å². The molecule has 1 aliphatic carbocycles. The fourth-order valence-corrected chi connectivity index (χ4v) is 4.17. The van der Waals surface area contributed by atoms with Crippen molar-refractivity contribution in [3.63, 3.8) is 0 Å². The molecule has 9 heteroatoms. The van der Waals surface area contributed by atoms with Crippen molar-refractivity contribution in [3.8, 4) is 17.6 Å². The molecule has 2 aromatic rings. The number of ether oxygens (including phenoxy) is 3. The highest BCUT2D eigenvalue weighted by molar-refractivity contribution is 5.99. The highest BCUT2D eigenvalue weighted by Crippen LogP contribution is 2.45. The summed E-state index contributed by atoms with van der Waals surface area (Å²) in [5.74, 6) is 0.238. The van der Waals surface area contributed by atoms with Crippen LogP contribution in [-0.2, 0) is 22.3 Å². The molecular formula is C25H21F3N2O4. The number of carbonyl (C=O) groups excluding carboxylic acids is 1. The number of carbonyl (C=O) groups is 1. The lowest BCUT2D eigenvalue weighted by molar-refractivity contribution is -0.137. The molecule has 34 heavy (non-hydrogen) atoms. The van der Waals surface area contributed by atoms with Gasteiger partial charge in [-0.3, -0.25) is 4.79 Å². The van der Waals surface area contributed by atoms with Crippen LogP contribution in [-0.4, -0.2) is 12.9 Å². The van der Waals surface area contributed by atoms with Crippen molar-refractivity contribution in [3.05, 3.63) is 81.9 Å². The van der Waals surface area contributed by atoms with E-state index < -0.39 is 17.7 Å². The molecule has 4 rings (SSSR count). The molecule has 0 spiro atoms. The van der Waals surface area contributed by atoms with E-state index in [9.17, 15) is 23.2 Å². The average molecular weight is 470 g/mol. The molecule has 0 bridgehead atoms. The van der Waals surface area contributed by atoms with E-state index >= 15 is 0 Å². The molecule has 6 nitrogen and oxygen atoms in total. The molecule has 0 saturated heterocycles. The second-order valence-electron chi connectivity index (χ2n) is 7.94. The minimum atomic E-state index is -4.45. The van der Waals surface area contributed by atoms with Gasteiger partial charge in [0.2, 0.25) is 5.88 Å². The number of rotatable bonds is 5. The van der Waals surface area contributed by atoms with Crippen molar-refractivity contribution in [1.82, 2.24) is 0 Å². The van der Waals surface area contributed by atoms with E-state index in [0.717, 1.165) is 12.1 Å². The van der Waals surface area contributed by atoms with E-state index in [-0.39, 0.29) is 23.8 Å². The zero-order valence-corrected chi connectivity index (χ0v) is 18.2. The molecule has 0 amide bonds. The van der Waals surface area contributed by atoms with E-state index in [1.165, 1.54) is 19.2 Å². The maximum atomic E-state index is 13.0. The summed E-state index contributed by atoms with van der Waals surface area (Å²) in [6, 6.07) is 11.8. The zero-order chi connectivity index (χ0) is 24.5. The summed E-state index contributed by atoms with van der Waals surface area (Å²) >= 11 is 0. The number of nitriles is 1. The quantitative estimate of drug-likeness (QED) is 0.653. The van der Waals surface area contributed by atoms with Crippen LogP contribution in [0.4, 0.5) is 13.2 Å². The first-order valence-electron chi connectivity index (χ1n) is 10.5. The fourth-order valence-electron chi connectivity index (χ4n) is 4.17. The van der Waals surface area contributed by atoms with Crippen LogP contribution in [0.3, 0.4) is 0 Å². The third-order valence-corrected chi connectivity index (χ3v) is 5.77. The van der Waals surface area contributed by atoms with Gasteiger partial charge in [-0.05, 0) is 41.8 Å². The minimum Gasteiger partial charge on any atom is -0.493 e. The first kappa shape index (κ1) is 23.2. The first-order valence-corrected chi connectivity index (χ1v) is 10.5. The number of ketones is 1. The number of hydrogen-bond acceptors (Lipinski definition) is 6. The standard InChI is InChI=1S/C25H21F3N2O4/c1-32-21-11-15(22-17(12-29)24(30)34-20-7-3-6-18(31)23(20)22)8-9-19(21)33-13-14-4-2-5-16(10-14)25(26,27)28/h2,4-5,8-11,22H,3,6-7,13,30H2,1H3/t22-/m0/s1. The minimum absolute atomic E-state index is 0.0372. The molecule has 2 aliphatic rings. The number of nitrogens with zero attached hydrogens (tertiary/aromatic N) is 1. The molecule has 0 aromatic heterocycles. The van der Waals surface area contributed by atoms with Crippen LogP contribution in [0.1, 0.15) is 41.9 Å². The highest BCUT2D eigenvalue weighted by Gasteiger charge is 2.38. The average Bonchev–Trinajstić information content (AvgIpc) is 2.81. The van der Waals surface area contributed by atoms with Crippen LogP contribution < -0.4 is 15.2 Å². The Morgan fingerprint density at radius 3 is 2.68 bits per heavy atom. The van der Waals surface area contributed by atoms with Crippen molar-refractivity contribution < 1.29 is 32.2 Å². The Morgan fingerprint density at radius 1 is 1.18 bits per heavy atom. The number of Topliss-reactive ketones (excluding diaryl/α,β-unsaturated/α-hetero) is 1. The summed E-state index contributed by atoms with van der Waals surface area (Å²) in [5.41, 5.74) is 6.70. The molecule has 1 aliphatic heterocycles. The van der Waals surface area contributed by atoms with Gasteiger partial charge in [0.25, 0.3) is 0 Å². The molecule has 176 valence electrons. The van der Waals surface area contributed by atoms with Gasteiger partial charge in [0.05, 0.1) is 18.6 Å². The molecule has 0 saturated carbocycles. The van der Waals surface area contributed by atoms with E-state index in [0.29, 0.717) is 53.2 Å². The Balaban J connectivity index is 1.64. The van der Waals surface area contributed by atoms with Gasteiger partial charge in [-0.25, -0.2) is 0 Å². The Morgan fingerprint density at radius 2 is 1.97 bits per heavy atom. The molecule has 2 N–H and O–H groups in total. The van der Waals surface area contributed by atoms with E-state index in [2.05, 4.69) is 6.07 Å². The highest BCUT2D eigenvalue weighted by atomic mass is 19.4. The van der Waals surface area contributed by atoms with Gasteiger partial charge in [0.1, 0.15) is 24.0 Å². The predicted octanol–water partition coefficient (Wildman–Crippen LogP) is 5.11. The number of methoxy groups -OCH3 is 1. The van der Waals surface area contributed by atoms with Crippen LogP contribution >= 0.6 is 0 Å². The maximum Gasteiger partial charge on any atom is 0.416 e. The summed E-state index contributed by atoms with van der Waals surface area (Å²) in [7, 11) is 1.42. The van der Waals surface area contributed by atoms with E-state index in [1.807, 2.05) is 0 Å². The number of allylic oxidation sites excluding steroid dienone is 3. The number of benzene rings is 2. The Labute approximate surface area is 194 Å². The summed E-state index contributed by atoms with van der Waals surface area (Å²) in [4.78, 5) is 12.7. The van der Waals surface area contributed by atoms with Crippen LogP contribution in [0.15, 0.2) is 65.3 Å². The van der Waals surface area contributed by atoms with Gasteiger partial charge in [-0.2, -0.15) is 18.4 Å². The molecular weight excluding hydrogens is 449 g/mol. The van der Waals surface area contributed by atoms with Gasteiger partial charge < -0.3 is 19.9 Å². The van der Waals surface area contributed by atoms with Crippen molar-refractivity contribution in [2.75, 3.05) is 7.11 Å². The Hall–Kier alpha value is -3.93. The summed E-state index contributed by atoms with van der Waals surface area (Å²) in [5, 5.41) is 9.70. The van der Waals surface area contributed by atoms with Crippen molar-refractivity contribution in [2.45, 2.75) is 38.0 Å². The van der Waals surface area contributed by atoms with Crippen molar-refractivity contribution in [2.24, 2.45) is 5.73 Å². The van der Waals surface area contributed by atoms with Crippen LogP contribution in [0.25, 0.3) is 0 Å². The normalized spacial score (nSPS) is 18.2. The number of alkyl halides is 3. The number of nitrogens with two attached hydrogens (primary N) is 1. The molecule has 0 unspecified atom stereocenters. The summed E-state index contributed by atoms with van der Waals surface area (Å²) < 4.78 is 55.7. The lowest BCUT2D eigenvalue weighted by Crippen LogP contribution is -2.27. The van der Waals surface area contributed by atoms with Crippen LogP contribution in [0, 0.1) is 11.3 Å². The van der Waals surface area contributed by atoms with Gasteiger partial charge in [0.15, 0.2) is 17.3 Å². The predicted molar refractivity (Wildman–Crippen MR) is 115 cm³/mol. The largest absolute Gasteiger partial charge is 0.493 e. The zero-order valence-electron chi connectivity index (χ0n) is 18.2. The lowest BCUT2D eigenvalue weighted by atomic mass is 9.77. The molecule has 2 aromatic carbocycles. The topological polar surface area (TPSA) is 94.6 Å². The molecule has 0 fully saturated rings. The summed E-state index contributed by atoms with van der Waals surface area (Å²) in [6.45, 7) is -0.110. The lowest BCUT2D eigenvalue weighted by Gasteiger charge is -2.31. The molecule has 1 heterocycles. The second kappa shape index (κ2) is 9.14. The first-order chi connectivity index (χ1) is 16.2. The SMILES string of the molecule is COc1cc([C@H]2C(C#N)=C(N)OC3=C2C(=O)CCC3)ccc1OCc1cccc(C(F)(F)F)c1. The number of hydrogen-bond donors (Lipinski definition) is 1. The van der Waals surface area contributed by atoms with E-state index in [1.54, 1.807) is 18.2 Å². The second-order valence-corrected chi connectivity index (χ2v) is 7.94. The smallest absolute Gasteiger partial charge is 0.416 e. The summed E-state index contributed by atoms with van der Waals surface area (Å²) in [6.07, 6.45) is -2.90. The van der Waals surface area contributed by atoms with Gasteiger partial charge in [0, 0.05) is 18.4 Å². The van der Waals surface area contributed by atoms with Crippen molar-refractivity contribution >= 4 is 5.78 Å². The monoisotopic (exact) mass is 470 g/mol. The molecule has 1 atom stereocenters. The Bertz CT molecular complexity index is 1240. The van der Waals surface area contributed by atoms with E-state index in [4.69, 9.17) is 19.9 Å². The van der Waals surface area contributed by atoms with Crippen molar-refractivity contribution in [1.29, 1.82) is 5.26 Å². The Kier molecular flexibility index (Phi) is 6.24.